The molecule has 24 heavy (non-hydrogen) atoms. The van der Waals surface area contributed by atoms with Crippen LogP contribution in [0.1, 0.15) is 26.3 Å². The van der Waals surface area contributed by atoms with Crippen LogP contribution < -0.4 is 0 Å². The van der Waals surface area contributed by atoms with Gasteiger partial charge in [-0.2, -0.15) is 0 Å². The normalized spacial score (nSPS) is 12.1. The van der Waals surface area contributed by atoms with Crippen LogP contribution in [0.25, 0.3) is 31.4 Å². The van der Waals surface area contributed by atoms with Gasteiger partial charge in [0.05, 0.1) is 10.4 Å². The molecule has 0 spiro atoms. The largest absolute Gasteiger partial charge is 0.255 e. The van der Waals surface area contributed by atoms with Gasteiger partial charge in [0.25, 0.3) is 0 Å². The highest BCUT2D eigenvalue weighted by Gasteiger charge is 2.17. The Bertz CT molecular complexity index is 1010. The molecule has 0 aliphatic rings. The maximum Gasteiger partial charge on any atom is 0.0880 e. The number of fused-ring (bicyclic) bond motifs is 3. The van der Waals surface area contributed by atoms with Crippen LogP contribution in [0.5, 0.6) is 0 Å². The van der Waals surface area contributed by atoms with Crippen LogP contribution in [-0.2, 0) is 6.42 Å². The molecule has 0 aliphatic heterocycles. The van der Waals surface area contributed by atoms with E-state index in [-0.39, 0.29) is 5.41 Å². The van der Waals surface area contributed by atoms with Crippen molar-refractivity contribution in [3.8, 4) is 11.3 Å². The summed E-state index contributed by atoms with van der Waals surface area (Å²) in [7, 11) is 0. The summed E-state index contributed by atoms with van der Waals surface area (Å²) >= 11 is 1.89. The van der Waals surface area contributed by atoms with E-state index in [4.69, 9.17) is 0 Å². The number of hydrogen-bond donors (Lipinski definition) is 0. The molecule has 0 aliphatic carbocycles. The van der Waals surface area contributed by atoms with Crippen LogP contribution in [0.2, 0.25) is 0 Å². The maximum absolute atomic E-state index is 4.69. The third-order valence-electron chi connectivity index (χ3n) is 4.26. The third-order valence-corrected chi connectivity index (χ3v) is 5.57. The van der Waals surface area contributed by atoms with Crippen LogP contribution in [0.3, 0.4) is 0 Å². The smallest absolute Gasteiger partial charge is 0.0880 e. The summed E-state index contributed by atoms with van der Waals surface area (Å²) in [6, 6.07) is 19.4. The Kier molecular flexibility index (Phi) is 3.65. The van der Waals surface area contributed by atoms with Gasteiger partial charge in [-0.15, -0.1) is 11.3 Å². The lowest BCUT2D eigenvalue weighted by atomic mass is 9.88. The Labute approximate surface area is 147 Å². The van der Waals surface area contributed by atoms with E-state index in [2.05, 4.69) is 80.4 Å². The van der Waals surface area contributed by atoms with Crippen molar-refractivity contribution in [1.29, 1.82) is 0 Å². The van der Waals surface area contributed by atoms with Crippen molar-refractivity contribution in [1.82, 2.24) is 4.98 Å². The van der Waals surface area contributed by atoms with E-state index in [9.17, 15) is 0 Å². The van der Waals surface area contributed by atoms with E-state index < -0.39 is 0 Å². The molecule has 0 radical (unpaired) electrons. The zero-order chi connectivity index (χ0) is 16.7. The number of thiophene rings is 1. The van der Waals surface area contributed by atoms with Crippen LogP contribution in [0, 0.1) is 5.41 Å². The number of rotatable bonds is 2. The molecule has 4 aromatic rings. The topological polar surface area (TPSA) is 12.9 Å². The number of nitrogens with zero attached hydrogens (tertiary/aromatic N) is 1. The molecule has 0 amide bonds. The first-order valence-corrected chi connectivity index (χ1v) is 9.19. The number of pyridine rings is 1. The first-order valence-electron chi connectivity index (χ1n) is 8.37. The lowest BCUT2D eigenvalue weighted by molar-refractivity contribution is 0.413. The quantitative estimate of drug-likeness (QED) is 0.398. The fourth-order valence-electron chi connectivity index (χ4n) is 3.30. The summed E-state index contributed by atoms with van der Waals surface area (Å²) in [5, 5.41) is 2.68. The van der Waals surface area contributed by atoms with Gasteiger partial charge >= 0.3 is 0 Å². The molecule has 0 fully saturated rings. The Morgan fingerprint density at radius 2 is 1.58 bits per heavy atom. The Balaban J connectivity index is 2.00. The average molecular weight is 331 g/mol. The first-order chi connectivity index (χ1) is 11.5. The molecule has 0 bridgehead atoms. The zero-order valence-corrected chi connectivity index (χ0v) is 15.2. The number of hydrogen-bond acceptors (Lipinski definition) is 2. The van der Waals surface area contributed by atoms with Crippen molar-refractivity contribution >= 4 is 31.5 Å². The standard InChI is InChI=1S/C22H21NS/c1-22(2,3)14-16-10-7-11-17-18-12-13-23-19(21(18)24-20(16)17)15-8-5-4-6-9-15/h4-13H,14H2,1-3H3. The van der Waals surface area contributed by atoms with Crippen LogP contribution in [0.4, 0.5) is 0 Å². The van der Waals surface area contributed by atoms with Crippen LogP contribution >= 0.6 is 11.3 Å². The zero-order valence-electron chi connectivity index (χ0n) is 14.3. The van der Waals surface area contributed by atoms with Crippen LogP contribution in [0.15, 0.2) is 60.8 Å². The molecule has 120 valence electrons. The molecule has 2 aromatic heterocycles. The van der Waals surface area contributed by atoms with Gasteiger partial charge in [0, 0.05) is 27.2 Å². The number of aromatic nitrogens is 1. The molecule has 4 rings (SSSR count). The van der Waals surface area contributed by atoms with E-state index in [0.717, 1.165) is 12.1 Å². The maximum atomic E-state index is 4.69. The second-order valence-corrected chi connectivity index (χ2v) is 8.56. The summed E-state index contributed by atoms with van der Waals surface area (Å²) in [6.07, 6.45) is 3.03. The van der Waals surface area contributed by atoms with Crippen molar-refractivity contribution in [3.05, 3.63) is 66.4 Å². The van der Waals surface area contributed by atoms with Gasteiger partial charge in [-0.3, -0.25) is 4.98 Å². The summed E-state index contributed by atoms with van der Waals surface area (Å²) in [6.45, 7) is 6.91. The van der Waals surface area contributed by atoms with Crippen molar-refractivity contribution in [2.24, 2.45) is 5.41 Å². The fraction of sp³-hybridized carbons (Fsp3) is 0.227. The van der Waals surface area contributed by atoms with E-state index in [0.29, 0.717) is 0 Å². The summed E-state index contributed by atoms with van der Waals surface area (Å²) in [5.41, 5.74) is 4.01. The second-order valence-electron chi connectivity index (χ2n) is 7.54. The van der Waals surface area contributed by atoms with Crippen molar-refractivity contribution < 1.29 is 0 Å². The van der Waals surface area contributed by atoms with Gasteiger partial charge in [-0.1, -0.05) is 69.3 Å². The van der Waals surface area contributed by atoms with E-state index in [1.165, 1.54) is 31.3 Å². The van der Waals surface area contributed by atoms with Gasteiger partial charge in [0.2, 0.25) is 0 Å². The SMILES string of the molecule is CC(C)(C)Cc1cccc2c1sc1c(-c3ccccc3)nccc12. The molecule has 2 heteroatoms. The summed E-state index contributed by atoms with van der Waals surface area (Å²) in [5.74, 6) is 0. The predicted octanol–water partition coefficient (Wildman–Crippen LogP) is 6.71. The van der Waals surface area contributed by atoms with E-state index in [1.807, 2.05) is 17.5 Å². The minimum absolute atomic E-state index is 0.283. The van der Waals surface area contributed by atoms with Gasteiger partial charge in [0.15, 0.2) is 0 Å². The van der Waals surface area contributed by atoms with E-state index >= 15 is 0 Å². The molecule has 1 nitrogen and oxygen atoms in total. The molecular formula is C22H21NS. The first kappa shape index (κ1) is 15.3. The van der Waals surface area contributed by atoms with Gasteiger partial charge < -0.3 is 0 Å². The highest BCUT2D eigenvalue weighted by molar-refractivity contribution is 7.26. The Morgan fingerprint density at radius 1 is 0.833 bits per heavy atom. The molecular weight excluding hydrogens is 310 g/mol. The average Bonchev–Trinajstić information content (AvgIpc) is 2.94. The Morgan fingerprint density at radius 3 is 2.33 bits per heavy atom. The van der Waals surface area contributed by atoms with Crippen molar-refractivity contribution in [2.75, 3.05) is 0 Å². The monoisotopic (exact) mass is 331 g/mol. The molecule has 0 saturated carbocycles. The highest BCUT2D eigenvalue weighted by Crippen LogP contribution is 2.41. The molecule has 2 heterocycles. The molecule has 0 atom stereocenters. The van der Waals surface area contributed by atoms with Crippen molar-refractivity contribution in [2.45, 2.75) is 27.2 Å². The molecule has 0 saturated heterocycles. The molecule has 0 unspecified atom stereocenters. The van der Waals surface area contributed by atoms with Gasteiger partial charge in [0.1, 0.15) is 0 Å². The summed E-state index contributed by atoms with van der Waals surface area (Å²) < 4.78 is 2.70. The second kappa shape index (κ2) is 5.71. The summed E-state index contributed by atoms with van der Waals surface area (Å²) in [4.78, 5) is 4.69. The molecule has 0 N–H and O–H groups in total. The number of benzene rings is 2. The minimum Gasteiger partial charge on any atom is -0.255 e. The molecule has 2 aromatic carbocycles. The minimum atomic E-state index is 0.283. The van der Waals surface area contributed by atoms with Crippen molar-refractivity contribution in [3.63, 3.8) is 0 Å². The predicted molar refractivity (Wildman–Crippen MR) is 106 cm³/mol. The fourth-order valence-corrected chi connectivity index (χ4v) is 4.61. The lowest BCUT2D eigenvalue weighted by Crippen LogP contribution is -2.08. The highest BCUT2D eigenvalue weighted by atomic mass is 32.1. The van der Waals surface area contributed by atoms with Gasteiger partial charge in [-0.25, -0.2) is 0 Å². The van der Waals surface area contributed by atoms with Gasteiger partial charge in [-0.05, 0) is 23.5 Å². The van der Waals surface area contributed by atoms with E-state index in [1.54, 1.807) is 0 Å². The third kappa shape index (κ3) is 2.71. The Hall–Kier alpha value is -2.19. The lowest BCUT2D eigenvalue weighted by Gasteiger charge is -2.18. The van der Waals surface area contributed by atoms with Crippen LogP contribution in [-0.4, -0.2) is 4.98 Å².